The van der Waals surface area contributed by atoms with Gasteiger partial charge in [0.15, 0.2) is 5.13 Å². The van der Waals surface area contributed by atoms with Crippen molar-refractivity contribution < 1.29 is 9.59 Å². The number of anilines is 1. The highest BCUT2D eigenvalue weighted by Gasteiger charge is 2.17. The molecule has 0 bridgehead atoms. The summed E-state index contributed by atoms with van der Waals surface area (Å²) in [6, 6.07) is 15.4. The Kier molecular flexibility index (Phi) is 5.67. The number of carbonyl (C=O) groups is 2. The van der Waals surface area contributed by atoms with Crippen molar-refractivity contribution in [3.8, 4) is 0 Å². The van der Waals surface area contributed by atoms with Crippen LogP contribution in [0.5, 0.6) is 0 Å². The zero-order valence-electron chi connectivity index (χ0n) is 15.6. The summed E-state index contributed by atoms with van der Waals surface area (Å²) in [5, 5.41) is 6.56. The number of carbonyl (C=O) groups excluding carboxylic acids is 2. The number of fused-ring (bicyclic) bond motifs is 1. The van der Waals surface area contributed by atoms with Crippen molar-refractivity contribution in [1.29, 1.82) is 0 Å². The molecule has 6 heteroatoms. The second-order valence-corrected chi connectivity index (χ2v) is 8.25. The summed E-state index contributed by atoms with van der Waals surface area (Å²) in [5.41, 5.74) is 2.39. The minimum absolute atomic E-state index is 0.0307. The number of nitrogens with one attached hydrogen (secondary N) is 2. The van der Waals surface area contributed by atoms with Gasteiger partial charge in [0.2, 0.25) is 5.91 Å². The van der Waals surface area contributed by atoms with Gasteiger partial charge in [-0.2, -0.15) is 0 Å². The summed E-state index contributed by atoms with van der Waals surface area (Å²) in [4.78, 5) is 29.3. The lowest BCUT2D eigenvalue weighted by atomic mass is 9.95. The van der Waals surface area contributed by atoms with Crippen LogP contribution in [0.4, 0.5) is 5.13 Å². The number of nitrogens with zero attached hydrogens (tertiary/aromatic N) is 1. The Balaban J connectivity index is 1.42. The molecule has 2 amide bonds. The standard InChI is InChI=1S/C22H23N3O2S/c26-20(13-15-7-3-1-4-8-15)25-22-24-18-12-11-16(14-19(18)28-22)21(27)23-17-9-5-2-6-10-17/h1,3-4,7-8,11-12,14,17H,2,5-6,9-10,13H2,(H,23,27)(H,24,25,26). The average molecular weight is 394 g/mol. The SMILES string of the molecule is O=C(Cc1ccccc1)Nc1nc2ccc(C(=O)NC3CCCCC3)cc2s1. The molecule has 0 spiro atoms. The van der Waals surface area contributed by atoms with Gasteiger partial charge in [0.05, 0.1) is 16.6 Å². The Morgan fingerprint density at radius 1 is 1.04 bits per heavy atom. The normalized spacial score (nSPS) is 14.7. The van der Waals surface area contributed by atoms with Gasteiger partial charge in [-0.05, 0) is 36.6 Å². The van der Waals surface area contributed by atoms with Gasteiger partial charge in [-0.3, -0.25) is 9.59 Å². The molecule has 1 aliphatic carbocycles. The molecular weight excluding hydrogens is 370 g/mol. The van der Waals surface area contributed by atoms with Gasteiger partial charge in [-0.25, -0.2) is 4.98 Å². The number of rotatable bonds is 5. The summed E-state index contributed by atoms with van der Waals surface area (Å²) in [6.07, 6.45) is 6.07. The Morgan fingerprint density at radius 3 is 2.61 bits per heavy atom. The molecule has 28 heavy (non-hydrogen) atoms. The third-order valence-corrected chi connectivity index (χ3v) is 5.98. The second kappa shape index (κ2) is 8.52. The lowest BCUT2D eigenvalue weighted by Gasteiger charge is -2.22. The molecule has 4 rings (SSSR count). The van der Waals surface area contributed by atoms with E-state index in [2.05, 4.69) is 15.6 Å². The van der Waals surface area contributed by atoms with E-state index in [0.717, 1.165) is 28.6 Å². The summed E-state index contributed by atoms with van der Waals surface area (Å²) in [6.45, 7) is 0. The summed E-state index contributed by atoms with van der Waals surface area (Å²) in [7, 11) is 0. The Hall–Kier alpha value is -2.73. The van der Waals surface area contributed by atoms with E-state index in [4.69, 9.17) is 0 Å². The Labute approximate surface area is 168 Å². The molecule has 1 heterocycles. The van der Waals surface area contributed by atoms with Crippen LogP contribution >= 0.6 is 11.3 Å². The van der Waals surface area contributed by atoms with E-state index in [1.54, 1.807) is 6.07 Å². The maximum Gasteiger partial charge on any atom is 0.251 e. The van der Waals surface area contributed by atoms with E-state index in [0.29, 0.717) is 17.1 Å². The molecule has 1 saturated carbocycles. The number of aromatic nitrogens is 1. The minimum atomic E-state index is -0.0967. The van der Waals surface area contributed by atoms with Crippen molar-refractivity contribution in [2.24, 2.45) is 0 Å². The molecule has 3 aromatic rings. The van der Waals surface area contributed by atoms with Crippen LogP contribution in [0.3, 0.4) is 0 Å². The molecule has 2 N–H and O–H groups in total. The van der Waals surface area contributed by atoms with Gasteiger partial charge in [0.25, 0.3) is 5.91 Å². The van der Waals surface area contributed by atoms with Gasteiger partial charge in [-0.1, -0.05) is 60.9 Å². The predicted octanol–water partition coefficient (Wildman–Crippen LogP) is 4.54. The van der Waals surface area contributed by atoms with Crippen LogP contribution in [0.1, 0.15) is 48.0 Å². The van der Waals surface area contributed by atoms with Gasteiger partial charge >= 0.3 is 0 Å². The largest absolute Gasteiger partial charge is 0.349 e. The Bertz CT molecular complexity index is 978. The molecule has 2 aromatic carbocycles. The monoisotopic (exact) mass is 393 g/mol. The highest BCUT2D eigenvalue weighted by atomic mass is 32.1. The number of thiazole rings is 1. The zero-order chi connectivity index (χ0) is 19.3. The summed E-state index contributed by atoms with van der Waals surface area (Å²) in [5.74, 6) is -0.127. The fraction of sp³-hybridized carbons (Fsp3) is 0.318. The second-order valence-electron chi connectivity index (χ2n) is 7.22. The van der Waals surface area contributed by atoms with Crippen LogP contribution in [0.2, 0.25) is 0 Å². The molecule has 5 nitrogen and oxygen atoms in total. The van der Waals surface area contributed by atoms with Crippen molar-refractivity contribution >= 4 is 38.5 Å². The molecule has 0 saturated heterocycles. The molecule has 1 aliphatic rings. The van der Waals surface area contributed by atoms with Crippen LogP contribution < -0.4 is 10.6 Å². The number of amides is 2. The number of hydrogen-bond donors (Lipinski definition) is 2. The molecule has 0 unspecified atom stereocenters. The maximum atomic E-state index is 12.5. The molecule has 144 valence electrons. The zero-order valence-corrected chi connectivity index (χ0v) is 16.4. The third kappa shape index (κ3) is 4.57. The van der Waals surface area contributed by atoms with Gasteiger partial charge in [-0.15, -0.1) is 0 Å². The van der Waals surface area contributed by atoms with E-state index in [1.807, 2.05) is 42.5 Å². The average Bonchev–Trinajstić information content (AvgIpc) is 3.10. The first-order chi connectivity index (χ1) is 13.7. The minimum Gasteiger partial charge on any atom is -0.349 e. The molecular formula is C22H23N3O2S. The number of hydrogen-bond acceptors (Lipinski definition) is 4. The quantitative estimate of drug-likeness (QED) is 0.668. The lowest BCUT2D eigenvalue weighted by molar-refractivity contribution is -0.115. The van der Waals surface area contributed by atoms with E-state index < -0.39 is 0 Å². The van der Waals surface area contributed by atoms with Gasteiger partial charge < -0.3 is 10.6 Å². The van der Waals surface area contributed by atoms with E-state index in [1.165, 1.54) is 30.6 Å². The lowest BCUT2D eigenvalue weighted by Crippen LogP contribution is -2.36. The van der Waals surface area contributed by atoms with Crippen molar-refractivity contribution in [3.63, 3.8) is 0 Å². The summed E-state index contributed by atoms with van der Waals surface area (Å²) >= 11 is 1.39. The van der Waals surface area contributed by atoms with Crippen LogP contribution in [-0.4, -0.2) is 22.8 Å². The maximum absolute atomic E-state index is 12.5. The van der Waals surface area contributed by atoms with Crippen molar-refractivity contribution in [2.75, 3.05) is 5.32 Å². The third-order valence-electron chi connectivity index (χ3n) is 5.04. The molecule has 0 aliphatic heterocycles. The van der Waals surface area contributed by atoms with Crippen LogP contribution in [0.15, 0.2) is 48.5 Å². The van der Waals surface area contributed by atoms with E-state index >= 15 is 0 Å². The van der Waals surface area contributed by atoms with E-state index in [9.17, 15) is 9.59 Å². The molecule has 0 atom stereocenters. The molecule has 1 fully saturated rings. The van der Waals surface area contributed by atoms with Gasteiger partial charge in [0.1, 0.15) is 0 Å². The van der Waals surface area contributed by atoms with Crippen molar-refractivity contribution in [2.45, 2.75) is 44.6 Å². The highest BCUT2D eigenvalue weighted by Crippen LogP contribution is 2.27. The first-order valence-corrected chi connectivity index (χ1v) is 10.5. The van der Waals surface area contributed by atoms with Crippen molar-refractivity contribution in [1.82, 2.24) is 10.3 Å². The fourth-order valence-corrected chi connectivity index (χ4v) is 4.50. The first-order valence-electron chi connectivity index (χ1n) is 9.72. The smallest absolute Gasteiger partial charge is 0.251 e. The highest BCUT2D eigenvalue weighted by molar-refractivity contribution is 7.22. The van der Waals surface area contributed by atoms with Crippen LogP contribution in [-0.2, 0) is 11.2 Å². The first kappa shape index (κ1) is 18.6. The molecule has 1 aromatic heterocycles. The van der Waals surface area contributed by atoms with Crippen LogP contribution in [0, 0.1) is 0 Å². The van der Waals surface area contributed by atoms with Crippen molar-refractivity contribution in [3.05, 3.63) is 59.7 Å². The fourth-order valence-electron chi connectivity index (χ4n) is 3.58. The predicted molar refractivity (Wildman–Crippen MR) is 113 cm³/mol. The molecule has 0 radical (unpaired) electrons. The Morgan fingerprint density at radius 2 is 1.82 bits per heavy atom. The van der Waals surface area contributed by atoms with Gasteiger partial charge in [0, 0.05) is 11.6 Å². The topological polar surface area (TPSA) is 71.1 Å². The van der Waals surface area contributed by atoms with E-state index in [-0.39, 0.29) is 17.9 Å². The summed E-state index contributed by atoms with van der Waals surface area (Å²) < 4.78 is 0.895. The number of benzene rings is 2. The van der Waals surface area contributed by atoms with Crippen LogP contribution in [0.25, 0.3) is 10.2 Å².